The highest BCUT2D eigenvalue weighted by atomic mass is 79.9. The first-order chi connectivity index (χ1) is 12.0. The lowest BCUT2D eigenvalue weighted by atomic mass is 10.2. The summed E-state index contributed by atoms with van der Waals surface area (Å²) < 4.78 is 6.80. The number of benzene rings is 2. The van der Waals surface area contributed by atoms with Crippen molar-refractivity contribution < 1.29 is 14.3 Å². The van der Waals surface area contributed by atoms with Gasteiger partial charge in [-0.1, -0.05) is 28.1 Å². The molecule has 0 aliphatic rings. The number of carbonyl (C=O) groups excluding carboxylic acids is 2. The molecular formula is C17H15Br2N3O3. The molecule has 8 heteroatoms. The molecule has 0 unspecified atom stereocenters. The molecule has 2 aromatic rings. The summed E-state index contributed by atoms with van der Waals surface area (Å²) >= 11 is 6.68. The fourth-order valence-corrected chi connectivity index (χ4v) is 2.68. The minimum Gasteiger partial charge on any atom is -0.496 e. The van der Waals surface area contributed by atoms with E-state index in [1.165, 1.54) is 6.21 Å². The van der Waals surface area contributed by atoms with Gasteiger partial charge in [-0.05, 0) is 46.3 Å². The molecule has 0 bridgehead atoms. The Hall–Kier alpha value is -2.19. The first kappa shape index (κ1) is 19.1. The molecule has 2 rings (SSSR count). The molecule has 0 fully saturated rings. The van der Waals surface area contributed by atoms with Crippen LogP contribution in [0.25, 0.3) is 0 Å². The number of anilines is 1. The van der Waals surface area contributed by atoms with Crippen LogP contribution in [0, 0.1) is 0 Å². The highest BCUT2D eigenvalue weighted by Crippen LogP contribution is 2.22. The first-order valence-corrected chi connectivity index (χ1v) is 8.78. The zero-order valence-electron chi connectivity index (χ0n) is 13.3. The summed E-state index contributed by atoms with van der Waals surface area (Å²) in [5.41, 5.74) is 3.61. The molecular weight excluding hydrogens is 454 g/mol. The van der Waals surface area contributed by atoms with Crippen molar-refractivity contribution in [3.63, 3.8) is 0 Å². The van der Waals surface area contributed by atoms with Gasteiger partial charge in [-0.3, -0.25) is 9.59 Å². The smallest absolute Gasteiger partial charge is 0.249 e. The van der Waals surface area contributed by atoms with E-state index >= 15 is 0 Å². The van der Waals surface area contributed by atoms with Crippen LogP contribution in [0.2, 0.25) is 0 Å². The molecule has 0 aromatic heterocycles. The number of carbonyl (C=O) groups is 2. The maximum absolute atomic E-state index is 11.9. The van der Waals surface area contributed by atoms with Gasteiger partial charge in [-0.2, -0.15) is 5.10 Å². The van der Waals surface area contributed by atoms with Gasteiger partial charge in [0.25, 0.3) is 0 Å². The normalized spacial score (nSPS) is 10.5. The molecule has 0 saturated heterocycles. The third-order valence-electron chi connectivity index (χ3n) is 3.05. The van der Waals surface area contributed by atoms with Crippen LogP contribution in [-0.2, 0) is 9.59 Å². The maximum Gasteiger partial charge on any atom is 0.249 e. The summed E-state index contributed by atoms with van der Waals surface area (Å²) in [6.07, 6.45) is 1.11. The standard InChI is InChI=1S/C17H15Br2N3O3/c1-25-15-7-6-12(18)8-11(15)10-20-22-17(24)9-16(23)21-14-5-3-2-4-13(14)19/h2-8,10H,9H2,1H3,(H,21,23)(H,22,24). The number of para-hydroxylation sites is 1. The van der Waals surface area contributed by atoms with Crippen molar-refractivity contribution >= 4 is 55.6 Å². The number of methoxy groups -OCH3 is 1. The predicted molar refractivity (Wildman–Crippen MR) is 104 cm³/mol. The van der Waals surface area contributed by atoms with E-state index in [2.05, 4.69) is 47.7 Å². The molecule has 0 aliphatic carbocycles. The molecule has 6 nitrogen and oxygen atoms in total. The summed E-state index contributed by atoms with van der Waals surface area (Å²) in [4.78, 5) is 23.7. The summed E-state index contributed by atoms with van der Waals surface area (Å²) in [6.45, 7) is 0. The first-order valence-electron chi connectivity index (χ1n) is 7.19. The van der Waals surface area contributed by atoms with Gasteiger partial charge in [0.1, 0.15) is 12.2 Å². The number of halogens is 2. The summed E-state index contributed by atoms with van der Waals surface area (Å²) in [5, 5.41) is 6.50. The Morgan fingerprint density at radius 2 is 1.92 bits per heavy atom. The second-order valence-corrected chi connectivity index (χ2v) is 6.65. The molecule has 0 saturated carbocycles. The molecule has 0 heterocycles. The fourth-order valence-electron chi connectivity index (χ4n) is 1.92. The van der Waals surface area contributed by atoms with Crippen LogP contribution in [0.5, 0.6) is 5.75 Å². The van der Waals surface area contributed by atoms with Crippen molar-refractivity contribution in [2.24, 2.45) is 5.10 Å². The van der Waals surface area contributed by atoms with Crippen LogP contribution in [0.15, 0.2) is 56.5 Å². The minimum absolute atomic E-state index is 0.339. The second kappa shape index (κ2) is 9.33. The Kier molecular flexibility index (Phi) is 7.15. The largest absolute Gasteiger partial charge is 0.496 e. The predicted octanol–water partition coefficient (Wildman–Crippen LogP) is 3.70. The maximum atomic E-state index is 11.9. The van der Waals surface area contributed by atoms with E-state index in [4.69, 9.17) is 4.74 Å². The number of rotatable bonds is 6. The molecule has 2 amide bonds. The van der Waals surface area contributed by atoms with E-state index in [1.807, 2.05) is 12.1 Å². The summed E-state index contributed by atoms with van der Waals surface area (Å²) in [7, 11) is 1.55. The highest BCUT2D eigenvalue weighted by Gasteiger charge is 2.10. The fraction of sp³-hybridized carbons (Fsp3) is 0.118. The van der Waals surface area contributed by atoms with Gasteiger partial charge >= 0.3 is 0 Å². The second-order valence-electron chi connectivity index (χ2n) is 4.88. The Balaban J connectivity index is 1.89. The monoisotopic (exact) mass is 467 g/mol. The van der Waals surface area contributed by atoms with Crippen molar-refractivity contribution in [2.45, 2.75) is 6.42 Å². The van der Waals surface area contributed by atoms with Gasteiger partial charge in [-0.25, -0.2) is 5.43 Å². The molecule has 2 N–H and O–H groups in total. The zero-order valence-corrected chi connectivity index (χ0v) is 16.4. The van der Waals surface area contributed by atoms with Crippen molar-refractivity contribution in [2.75, 3.05) is 12.4 Å². The van der Waals surface area contributed by atoms with Gasteiger partial charge in [0.2, 0.25) is 11.8 Å². The highest BCUT2D eigenvalue weighted by molar-refractivity contribution is 9.10. The molecule has 2 aromatic carbocycles. The number of nitrogens with zero attached hydrogens (tertiary/aromatic N) is 1. The average Bonchev–Trinajstić information content (AvgIpc) is 2.57. The number of ether oxygens (including phenoxy) is 1. The average molecular weight is 469 g/mol. The van der Waals surface area contributed by atoms with Crippen molar-refractivity contribution in [1.29, 1.82) is 0 Å². The van der Waals surface area contributed by atoms with E-state index in [0.717, 1.165) is 8.95 Å². The molecule has 0 radical (unpaired) electrons. The Bertz CT molecular complexity index is 809. The molecule has 130 valence electrons. The van der Waals surface area contributed by atoms with Crippen LogP contribution in [0.3, 0.4) is 0 Å². The summed E-state index contributed by atoms with van der Waals surface area (Å²) in [5.74, 6) is -0.331. The molecule has 0 atom stereocenters. The van der Waals surface area contributed by atoms with E-state index in [9.17, 15) is 9.59 Å². The van der Waals surface area contributed by atoms with Crippen molar-refractivity contribution in [1.82, 2.24) is 5.43 Å². The lowest BCUT2D eigenvalue weighted by Gasteiger charge is -2.06. The van der Waals surface area contributed by atoms with E-state index in [-0.39, 0.29) is 6.42 Å². The molecule has 25 heavy (non-hydrogen) atoms. The number of hydrazone groups is 1. The lowest BCUT2D eigenvalue weighted by molar-refractivity contribution is -0.126. The van der Waals surface area contributed by atoms with Crippen molar-refractivity contribution in [3.8, 4) is 5.75 Å². The van der Waals surface area contributed by atoms with Gasteiger partial charge < -0.3 is 10.1 Å². The minimum atomic E-state index is -0.519. The van der Waals surface area contributed by atoms with Gasteiger partial charge in [0.05, 0.1) is 19.0 Å². The van der Waals surface area contributed by atoms with Gasteiger partial charge in [-0.15, -0.1) is 0 Å². The van der Waals surface area contributed by atoms with E-state index < -0.39 is 11.8 Å². The Morgan fingerprint density at radius 1 is 1.16 bits per heavy atom. The quantitative estimate of drug-likeness (QED) is 0.385. The topological polar surface area (TPSA) is 79.8 Å². The molecule has 0 aliphatic heterocycles. The third-order valence-corrected chi connectivity index (χ3v) is 4.24. The number of hydrogen-bond acceptors (Lipinski definition) is 4. The lowest BCUT2D eigenvalue weighted by Crippen LogP contribution is -2.24. The van der Waals surface area contributed by atoms with Crippen LogP contribution in [0.4, 0.5) is 5.69 Å². The molecule has 0 spiro atoms. The van der Waals surface area contributed by atoms with Crippen LogP contribution in [0.1, 0.15) is 12.0 Å². The number of amides is 2. The van der Waals surface area contributed by atoms with Gasteiger partial charge in [0.15, 0.2) is 0 Å². The van der Waals surface area contributed by atoms with Crippen LogP contribution in [-0.4, -0.2) is 25.1 Å². The SMILES string of the molecule is COc1ccc(Br)cc1C=NNC(=O)CC(=O)Nc1ccccc1Br. The van der Waals surface area contributed by atoms with Crippen LogP contribution >= 0.6 is 31.9 Å². The third kappa shape index (κ3) is 5.99. The van der Waals surface area contributed by atoms with Gasteiger partial charge in [0, 0.05) is 14.5 Å². The number of nitrogens with one attached hydrogen (secondary N) is 2. The summed E-state index contributed by atoms with van der Waals surface area (Å²) in [6, 6.07) is 12.6. The van der Waals surface area contributed by atoms with E-state index in [1.54, 1.807) is 37.4 Å². The van der Waals surface area contributed by atoms with Crippen molar-refractivity contribution in [3.05, 3.63) is 57.0 Å². The van der Waals surface area contributed by atoms with E-state index in [0.29, 0.717) is 17.0 Å². The van der Waals surface area contributed by atoms with Crippen LogP contribution < -0.4 is 15.5 Å². The Morgan fingerprint density at radius 3 is 2.64 bits per heavy atom. The zero-order chi connectivity index (χ0) is 18.2. The Labute approximate surface area is 161 Å². The number of hydrogen-bond donors (Lipinski definition) is 2.